The third-order valence-corrected chi connectivity index (χ3v) is 10.6. The molecule has 43 heavy (non-hydrogen) atoms. The fourth-order valence-corrected chi connectivity index (χ4v) is 8.90. The van der Waals surface area contributed by atoms with Gasteiger partial charge in [0.1, 0.15) is 17.8 Å². The van der Waals surface area contributed by atoms with Crippen LogP contribution in [0.3, 0.4) is 0 Å². The number of ketones is 2. The summed E-state index contributed by atoms with van der Waals surface area (Å²) in [5.74, 6) is -1.18. The van der Waals surface area contributed by atoms with Crippen molar-refractivity contribution in [3.63, 3.8) is 0 Å². The number of aliphatic hydroxyl groups is 3. The predicted octanol–water partition coefficient (Wildman–Crippen LogP) is 3.10. The Morgan fingerprint density at radius 2 is 1.67 bits per heavy atom. The van der Waals surface area contributed by atoms with Gasteiger partial charge in [-0.3, -0.25) is 14.4 Å². The smallest absolute Gasteiger partial charge is 0.230 e. The number of benzene rings is 2. The lowest BCUT2D eigenvalue weighted by atomic mass is 9.39. The van der Waals surface area contributed by atoms with E-state index in [1.165, 1.54) is 0 Å². The van der Waals surface area contributed by atoms with Crippen molar-refractivity contribution in [1.82, 2.24) is 0 Å². The predicted molar refractivity (Wildman–Crippen MR) is 160 cm³/mol. The molecule has 3 aliphatic rings. The van der Waals surface area contributed by atoms with E-state index in [2.05, 4.69) is 11.8 Å². The molecular weight excluding hydrogens is 546 g/mol. The van der Waals surface area contributed by atoms with Crippen molar-refractivity contribution >= 4 is 17.5 Å². The number of hydrogen-bond donors (Lipinski definition) is 5. The van der Waals surface area contributed by atoms with Crippen molar-refractivity contribution in [3.8, 4) is 17.6 Å². The maximum atomic E-state index is 14.5. The SMILES string of the molecule is CC(C)c1cc(C#Cc2ccccc2)c(O)c2c1C[C@]1(C)C[C@]3(C)[C@@H](C(C)C)C(O)[C@@H](C(N)=O)C(=O)[C@]3(O)C(O)[C@H]1C2=O. The summed E-state index contributed by atoms with van der Waals surface area (Å²) >= 11 is 0. The molecule has 0 spiro atoms. The number of rotatable bonds is 3. The zero-order valence-electron chi connectivity index (χ0n) is 25.5. The standard InChI is InChI=1S/C35H41NO7/c1-17(2)21-14-20(13-12-19-10-8-7-9-11-19)27(37)23-22(21)15-33(5)16-34(6)25(18(3)4)29(39)24(32(36)42)30(40)35(34,43)31(41)26(33)28(23)38/h7-11,14,17-18,24-26,29,31,37,39,41,43H,15-16H2,1-6H3,(H2,36,42)/t24-,25+,26-,29?,31?,33-,34-,35+/m1/s1. The lowest BCUT2D eigenvalue weighted by Crippen LogP contribution is -2.79. The summed E-state index contributed by atoms with van der Waals surface area (Å²) in [5.41, 5.74) is 3.19. The second kappa shape index (κ2) is 10.3. The molecule has 8 nitrogen and oxygen atoms in total. The monoisotopic (exact) mass is 587 g/mol. The Morgan fingerprint density at radius 1 is 1.05 bits per heavy atom. The molecule has 0 aromatic heterocycles. The number of phenols is 1. The molecule has 228 valence electrons. The molecule has 5 rings (SSSR count). The average Bonchev–Trinajstić information content (AvgIpc) is 2.90. The normalized spacial score (nSPS) is 35.1. The Kier molecular flexibility index (Phi) is 7.41. The van der Waals surface area contributed by atoms with Crippen molar-refractivity contribution in [1.29, 1.82) is 0 Å². The van der Waals surface area contributed by atoms with Gasteiger partial charge in [-0.15, -0.1) is 0 Å². The number of carbonyl (C=O) groups is 3. The van der Waals surface area contributed by atoms with Crippen molar-refractivity contribution in [3.05, 3.63) is 64.2 Å². The van der Waals surface area contributed by atoms with Gasteiger partial charge in [0.2, 0.25) is 5.91 Å². The van der Waals surface area contributed by atoms with Gasteiger partial charge in [0.15, 0.2) is 17.2 Å². The highest BCUT2D eigenvalue weighted by atomic mass is 16.4. The summed E-state index contributed by atoms with van der Waals surface area (Å²) < 4.78 is 0. The minimum atomic E-state index is -2.54. The topological polar surface area (TPSA) is 158 Å². The number of nitrogens with two attached hydrogens (primary N) is 1. The van der Waals surface area contributed by atoms with Crippen LogP contribution in [-0.4, -0.2) is 55.7 Å². The van der Waals surface area contributed by atoms with Crippen LogP contribution in [0.1, 0.15) is 86.5 Å². The van der Waals surface area contributed by atoms with Gasteiger partial charge in [-0.05, 0) is 65.3 Å². The van der Waals surface area contributed by atoms with Crippen LogP contribution in [0.5, 0.6) is 5.75 Å². The van der Waals surface area contributed by atoms with Crippen LogP contribution in [0.2, 0.25) is 0 Å². The van der Waals surface area contributed by atoms with E-state index in [1.54, 1.807) is 6.92 Å². The van der Waals surface area contributed by atoms with Crippen molar-refractivity contribution < 1.29 is 34.8 Å². The lowest BCUT2D eigenvalue weighted by molar-refractivity contribution is -0.265. The van der Waals surface area contributed by atoms with Crippen LogP contribution in [-0.2, 0) is 16.0 Å². The molecule has 2 aromatic rings. The first kappa shape index (κ1) is 30.9. The minimum absolute atomic E-state index is 0.0292. The summed E-state index contributed by atoms with van der Waals surface area (Å²) in [6.07, 6.45) is -2.99. The van der Waals surface area contributed by atoms with Crippen LogP contribution >= 0.6 is 0 Å². The molecule has 8 heteroatoms. The van der Waals surface area contributed by atoms with Crippen molar-refractivity contribution in [2.45, 2.75) is 78.1 Å². The molecule has 0 bridgehead atoms. The van der Waals surface area contributed by atoms with E-state index >= 15 is 0 Å². The molecule has 2 fully saturated rings. The summed E-state index contributed by atoms with van der Waals surface area (Å²) in [5, 5.41) is 47.1. The average molecular weight is 588 g/mol. The van der Waals surface area contributed by atoms with Gasteiger partial charge in [0.05, 0.1) is 23.1 Å². The number of fused-ring (bicyclic) bond motifs is 3. The number of hydrogen-bond acceptors (Lipinski definition) is 7. The molecule has 0 radical (unpaired) electrons. The summed E-state index contributed by atoms with van der Waals surface area (Å²) in [4.78, 5) is 40.8. The molecule has 3 aliphatic carbocycles. The Labute approximate surface area is 252 Å². The van der Waals surface area contributed by atoms with Crippen molar-refractivity contribution in [2.24, 2.45) is 40.2 Å². The second-order valence-electron chi connectivity index (χ2n) is 14.0. The third kappa shape index (κ3) is 4.28. The Hall–Kier alpha value is -3.51. The van der Waals surface area contributed by atoms with Crippen LogP contribution in [0.25, 0.3) is 0 Å². The number of aliphatic hydroxyl groups excluding tert-OH is 2. The van der Waals surface area contributed by atoms with Gasteiger partial charge in [0, 0.05) is 11.0 Å². The fraction of sp³-hybridized carbons (Fsp3) is 0.514. The van der Waals surface area contributed by atoms with Crippen LogP contribution in [0.4, 0.5) is 0 Å². The van der Waals surface area contributed by atoms with Crippen LogP contribution in [0.15, 0.2) is 36.4 Å². The first-order valence-corrected chi connectivity index (χ1v) is 14.9. The third-order valence-electron chi connectivity index (χ3n) is 10.6. The quantitative estimate of drug-likeness (QED) is 0.273. The van der Waals surface area contributed by atoms with E-state index in [0.717, 1.165) is 11.1 Å². The Bertz CT molecular complexity index is 1570. The highest BCUT2D eigenvalue weighted by molar-refractivity contribution is 6.09. The van der Waals surface area contributed by atoms with E-state index < -0.39 is 63.9 Å². The van der Waals surface area contributed by atoms with E-state index in [1.807, 2.05) is 71.0 Å². The highest BCUT2D eigenvalue weighted by Crippen LogP contribution is 2.66. The molecule has 2 saturated carbocycles. The molecule has 2 aromatic carbocycles. The minimum Gasteiger partial charge on any atom is -0.506 e. The zero-order valence-corrected chi connectivity index (χ0v) is 25.5. The first-order chi connectivity index (χ1) is 20.0. The number of amides is 1. The maximum absolute atomic E-state index is 14.5. The molecular formula is C35H41NO7. The first-order valence-electron chi connectivity index (χ1n) is 14.9. The van der Waals surface area contributed by atoms with Gasteiger partial charge in [-0.25, -0.2) is 0 Å². The van der Waals surface area contributed by atoms with Gasteiger partial charge in [0.25, 0.3) is 0 Å². The number of Topliss-reactive ketones (excluding diaryl/α,β-unsaturated/α-hetero) is 2. The number of carbonyl (C=O) groups excluding carboxylic acids is 3. The van der Waals surface area contributed by atoms with E-state index in [4.69, 9.17) is 5.73 Å². The van der Waals surface area contributed by atoms with Gasteiger partial charge in [-0.2, -0.15) is 0 Å². The Morgan fingerprint density at radius 3 is 2.23 bits per heavy atom. The second-order valence-corrected chi connectivity index (χ2v) is 14.0. The van der Waals surface area contributed by atoms with Crippen molar-refractivity contribution in [2.75, 3.05) is 0 Å². The van der Waals surface area contributed by atoms with E-state index in [9.17, 15) is 34.8 Å². The highest BCUT2D eigenvalue weighted by Gasteiger charge is 2.76. The summed E-state index contributed by atoms with van der Waals surface area (Å²) in [7, 11) is 0. The molecule has 0 heterocycles. The van der Waals surface area contributed by atoms with Crippen LogP contribution in [0, 0.1) is 46.3 Å². The maximum Gasteiger partial charge on any atom is 0.230 e. The summed E-state index contributed by atoms with van der Waals surface area (Å²) in [6, 6.07) is 11.0. The van der Waals surface area contributed by atoms with E-state index in [0.29, 0.717) is 5.56 Å². The molecule has 0 saturated heterocycles. The largest absolute Gasteiger partial charge is 0.506 e. The number of aromatic hydroxyl groups is 1. The van der Waals surface area contributed by atoms with E-state index in [-0.39, 0.29) is 41.6 Å². The number of primary amides is 1. The van der Waals surface area contributed by atoms with Gasteiger partial charge >= 0.3 is 0 Å². The molecule has 2 unspecified atom stereocenters. The molecule has 1 amide bonds. The van der Waals surface area contributed by atoms with Gasteiger partial charge < -0.3 is 26.2 Å². The summed E-state index contributed by atoms with van der Waals surface area (Å²) in [6.45, 7) is 11.1. The number of phenolic OH excluding ortho intramolecular Hbond substituents is 1. The Balaban J connectivity index is 1.72. The molecule has 6 N–H and O–H groups in total. The van der Waals surface area contributed by atoms with Gasteiger partial charge in [-0.1, -0.05) is 71.6 Å². The van der Waals surface area contributed by atoms with Crippen LogP contribution < -0.4 is 5.73 Å². The fourth-order valence-electron chi connectivity index (χ4n) is 8.90. The zero-order chi connectivity index (χ0) is 31.8. The molecule has 0 aliphatic heterocycles. The lowest BCUT2D eigenvalue weighted by Gasteiger charge is -2.66. The molecule has 8 atom stereocenters.